The SMILES string of the molecule is CCCCc1nc(O)c(-c2nnc(CC(=O)NCc3cccc(Cl)c3)o2)c(O)c1-c1c(OC)cccc1OC. The average Bonchev–Trinajstić information content (AvgIpc) is 3.38. The maximum atomic E-state index is 12.5. The average molecular weight is 553 g/mol. The Bertz CT molecular complexity index is 1450. The van der Waals surface area contributed by atoms with Crippen LogP contribution in [0.1, 0.15) is 36.9 Å². The van der Waals surface area contributed by atoms with Gasteiger partial charge in [0.1, 0.15) is 29.2 Å². The van der Waals surface area contributed by atoms with Gasteiger partial charge >= 0.3 is 0 Å². The molecular weight excluding hydrogens is 524 g/mol. The van der Waals surface area contributed by atoms with Crippen LogP contribution < -0.4 is 14.8 Å². The fraction of sp³-hybridized carbons (Fsp3) is 0.286. The van der Waals surface area contributed by atoms with Crippen LogP contribution in [0.15, 0.2) is 46.9 Å². The summed E-state index contributed by atoms with van der Waals surface area (Å²) in [4.78, 5) is 16.8. The van der Waals surface area contributed by atoms with E-state index in [2.05, 4.69) is 20.5 Å². The van der Waals surface area contributed by atoms with Crippen molar-refractivity contribution in [1.82, 2.24) is 20.5 Å². The third kappa shape index (κ3) is 6.23. The first-order valence-corrected chi connectivity index (χ1v) is 12.7. The fourth-order valence-electron chi connectivity index (χ4n) is 4.16. The molecule has 0 aliphatic rings. The van der Waals surface area contributed by atoms with Gasteiger partial charge in [-0.2, -0.15) is 0 Å². The highest BCUT2D eigenvalue weighted by Gasteiger charge is 2.29. The number of ether oxygens (including phenoxy) is 2. The molecule has 0 radical (unpaired) electrons. The highest BCUT2D eigenvalue weighted by molar-refractivity contribution is 6.30. The van der Waals surface area contributed by atoms with Crippen LogP contribution in [0.5, 0.6) is 23.1 Å². The molecular formula is C28H29ClN4O6. The number of aryl methyl sites for hydroxylation is 1. The predicted molar refractivity (Wildman–Crippen MR) is 145 cm³/mol. The predicted octanol–water partition coefficient (Wildman–Crippen LogP) is 5.08. The molecule has 39 heavy (non-hydrogen) atoms. The molecule has 0 aliphatic heterocycles. The monoisotopic (exact) mass is 552 g/mol. The lowest BCUT2D eigenvalue weighted by Crippen LogP contribution is -2.24. The van der Waals surface area contributed by atoms with Crippen molar-refractivity contribution in [1.29, 1.82) is 0 Å². The molecule has 4 aromatic rings. The molecule has 1 amide bonds. The molecule has 3 N–H and O–H groups in total. The van der Waals surface area contributed by atoms with Crippen molar-refractivity contribution in [2.75, 3.05) is 14.2 Å². The first kappa shape index (κ1) is 27.7. The molecule has 2 aromatic heterocycles. The van der Waals surface area contributed by atoms with E-state index in [9.17, 15) is 15.0 Å². The second-order valence-corrected chi connectivity index (χ2v) is 9.14. The van der Waals surface area contributed by atoms with Gasteiger partial charge in [0.25, 0.3) is 5.89 Å². The van der Waals surface area contributed by atoms with Gasteiger partial charge < -0.3 is 29.4 Å². The number of methoxy groups -OCH3 is 2. The Labute approximate surface area is 230 Å². The Hall–Kier alpha value is -4.31. The van der Waals surface area contributed by atoms with Gasteiger partial charge in [0.15, 0.2) is 0 Å². The van der Waals surface area contributed by atoms with Crippen molar-refractivity contribution in [3.63, 3.8) is 0 Å². The summed E-state index contributed by atoms with van der Waals surface area (Å²) < 4.78 is 16.8. The lowest BCUT2D eigenvalue weighted by molar-refractivity contribution is -0.120. The summed E-state index contributed by atoms with van der Waals surface area (Å²) in [7, 11) is 3.02. The van der Waals surface area contributed by atoms with Gasteiger partial charge in [-0.05, 0) is 42.7 Å². The lowest BCUT2D eigenvalue weighted by atomic mass is 9.95. The molecule has 4 rings (SSSR count). The Morgan fingerprint density at radius 2 is 1.74 bits per heavy atom. The van der Waals surface area contributed by atoms with Gasteiger partial charge in [-0.25, -0.2) is 4.98 Å². The molecule has 0 saturated carbocycles. The van der Waals surface area contributed by atoms with Gasteiger partial charge in [0, 0.05) is 11.6 Å². The first-order valence-electron chi connectivity index (χ1n) is 12.4. The van der Waals surface area contributed by atoms with E-state index in [0.29, 0.717) is 39.8 Å². The van der Waals surface area contributed by atoms with Crippen molar-refractivity contribution >= 4 is 17.5 Å². The number of nitrogens with zero attached hydrogens (tertiary/aromatic N) is 3. The molecule has 204 valence electrons. The number of aromatic hydroxyl groups is 2. The Kier molecular flexibility index (Phi) is 8.88. The number of rotatable bonds is 11. The number of pyridine rings is 1. The highest BCUT2D eigenvalue weighted by atomic mass is 35.5. The molecule has 11 heteroatoms. The summed E-state index contributed by atoms with van der Waals surface area (Å²) in [5.41, 5.74) is 1.94. The van der Waals surface area contributed by atoms with Crippen LogP contribution in [0.4, 0.5) is 0 Å². The van der Waals surface area contributed by atoms with Crippen molar-refractivity contribution in [2.24, 2.45) is 0 Å². The summed E-state index contributed by atoms with van der Waals surface area (Å²) in [5, 5.41) is 33.5. The van der Waals surface area contributed by atoms with Gasteiger partial charge in [-0.1, -0.05) is 43.1 Å². The zero-order valence-electron chi connectivity index (χ0n) is 21.8. The number of amides is 1. The van der Waals surface area contributed by atoms with Gasteiger partial charge in [0.2, 0.25) is 17.7 Å². The number of aromatic nitrogens is 3. The number of unbranched alkanes of at least 4 members (excludes halogenated alkanes) is 1. The normalized spacial score (nSPS) is 10.9. The third-order valence-electron chi connectivity index (χ3n) is 6.04. The third-order valence-corrected chi connectivity index (χ3v) is 6.28. The number of carbonyl (C=O) groups is 1. The smallest absolute Gasteiger partial charge is 0.257 e. The first-order chi connectivity index (χ1) is 18.9. The fourth-order valence-corrected chi connectivity index (χ4v) is 4.38. The van der Waals surface area contributed by atoms with Crippen molar-refractivity contribution in [3.8, 4) is 45.7 Å². The molecule has 0 unspecified atom stereocenters. The topological polar surface area (TPSA) is 140 Å². The quantitative estimate of drug-likeness (QED) is 0.232. The maximum absolute atomic E-state index is 12.5. The number of hydrogen-bond donors (Lipinski definition) is 3. The number of halogens is 1. The minimum Gasteiger partial charge on any atom is -0.506 e. The minimum absolute atomic E-state index is 0.00104. The number of benzene rings is 2. The molecule has 0 bridgehead atoms. The van der Waals surface area contributed by atoms with Crippen LogP contribution in [0.3, 0.4) is 0 Å². The van der Waals surface area contributed by atoms with Crippen LogP contribution in [-0.4, -0.2) is 45.5 Å². The standard InChI is InChI=1S/C28H29ClN4O6/c1-4-5-10-18-23(24-19(37-2)11-7-12-20(24)38-3)26(35)25(27(36)31-18)28-33-32-22(39-28)14-21(34)30-15-16-8-6-9-17(29)13-16/h6-9,11-13H,4-5,10,14-15H2,1-3H3,(H,30,34)(H2,31,35,36). The summed E-state index contributed by atoms with van der Waals surface area (Å²) in [5.74, 6) is -0.446. The van der Waals surface area contributed by atoms with Crippen LogP contribution in [0.2, 0.25) is 5.02 Å². The highest BCUT2D eigenvalue weighted by Crippen LogP contribution is 2.49. The van der Waals surface area contributed by atoms with E-state index in [4.69, 9.17) is 25.5 Å². The second-order valence-electron chi connectivity index (χ2n) is 8.71. The van der Waals surface area contributed by atoms with E-state index in [0.717, 1.165) is 18.4 Å². The minimum atomic E-state index is -0.475. The Balaban J connectivity index is 1.68. The molecule has 0 aliphatic carbocycles. The van der Waals surface area contributed by atoms with Crippen LogP contribution in [0, 0.1) is 0 Å². The van der Waals surface area contributed by atoms with Crippen molar-refractivity contribution in [3.05, 3.63) is 64.6 Å². The largest absolute Gasteiger partial charge is 0.506 e. The van der Waals surface area contributed by atoms with Crippen molar-refractivity contribution < 1.29 is 28.9 Å². The summed E-state index contributed by atoms with van der Waals surface area (Å²) >= 11 is 5.99. The second kappa shape index (κ2) is 12.5. The summed E-state index contributed by atoms with van der Waals surface area (Å²) in [6.07, 6.45) is 1.92. The number of hydrogen-bond acceptors (Lipinski definition) is 9. The Morgan fingerprint density at radius 1 is 1.03 bits per heavy atom. The van der Waals surface area contributed by atoms with E-state index in [1.165, 1.54) is 14.2 Å². The van der Waals surface area contributed by atoms with Crippen LogP contribution >= 0.6 is 11.6 Å². The molecule has 0 saturated heterocycles. The van der Waals surface area contributed by atoms with E-state index in [-0.39, 0.29) is 42.0 Å². The van der Waals surface area contributed by atoms with Gasteiger partial charge in [-0.3, -0.25) is 4.79 Å². The molecule has 2 heterocycles. The molecule has 0 atom stereocenters. The summed E-state index contributed by atoms with van der Waals surface area (Å²) in [6.45, 7) is 2.30. The Morgan fingerprint density at radius 3 is 2.41 bits per heavy atom. The molecule has 0 spiro atoms. The molecule has 2 aromatic carbocycles. The molecule has 10 nitrogen and oxygen atoms in total. The van der Waals surface area contributed by atoms with Crippen LogP contribution in [0.25, 0.3) is 22.6 Å². The van der Waals surface area contributed by atoms with E-state index < -0.39 is 5.88 Å². The van der Waals surface area contributed by atoms with Gasteiger partial charge in [-0.15, -0.1) is 10.2 Å². The summed E-state index contributed by atoms with van der Waals surface area (Å²) in [6, 6.07) is 12.4. The molecule has 0 fully saturated rings. The van der Waals surface area contributed by atoms with Gasteiger partial charge in [0.05, 0.1) is 31.0 Å². The van der Waals surface area contributed by atoms with E-state index in [1.54, 1.807) is 36.4 Å². The number of carbonyl (C=O) groups excluding carboxylic acids is 1. The van der Waals surface area contributed by atoms with E-state index in [1.807, 2.05) is 13.0 Å². The van der Waals surface area contributed by atoms with Crippen molar-refractivity contribution in [2.45, 2.75) is 39.2 Å². The van der Waals surface area contributed by atoms with E-state index >= 15 is 0 Å². The maximum Gasteiger partial charge on any atom is 0.257 e. The lowest BCUT2D eigenvalue weighted by Gasteiger charge is -2.18. The van der Waals surface area contributed by atoms with Crippen LogP contribution in [-0.2, 0) is 24.2 Å². The number of nitrogens with one attached hydrogen (secondary N) is 1. The zero-order chi connectivity index (χ0) is 27.9. The zero-order valence-corrected chi connectivity index (χ0v) is 22.6.